The normalized spacial score (nSPS) is 17.7. The van der Waals surface area contributed by atoms with Crippen LogP contribution in [0.25, 0.3) is 11.5 Å². The van der Waals surface area contributed by atoms with E-state index in [0.29, 0.717) is 35.5 Å². The Labute approximate surface area is 223 Å². The fraction of sp³-hybridized carbons (Fsp3) is 0.321. The second-order valence-corrected chi connectivity index (χ2v) is 9.63. The Morgan fingerprint density at radius 2 is 1.68 bits per heavy atom. The molecule has 0 aliphatic carbocycles. The molecule has 1 aliphatic rings. The van der Waals surface area contributed by atoms with Gasteiger partial charge in [-0.25, -0.2) is 19.9 Å². The Hall–Kier alpha value is -4.15. The van der Waals surface area contributed by atoms with Crippen LogP contribution < -0.4 is 20.7 Å². The van der Waals surface area contributed by atoms with Gasteiger partial charge in [-0.3, -0.25) is 4.90 Å². The Morgan fingerprint density at radius 3 is 2.45 bits per heavy atom. The molecule has 196 valence electrons. The van der Waals surface area contributed by atoms with Gasteiger partial charge in [0.1, 0.15) is 23.1 Å². The van der Waals surface area contributed by atoms with Gasteiger partial charge in [0.25, 0.3) is 0 Å². The van der Waals surface area contributed by atoms with Crippen LogP contribution in [0, 0.1) is 6.92 Å². The zero-order chi connectivity index (χ0) is 26.5. The molecule has 1 aliphatic heterocycles. The van der Waals surface area contributed by atoms with Crippen LogP contribution >= 0.6 is 0 Å². The first kappa shape index (κ1) is 25.5. The molecule has 0 spiro atoms. The molecule has 0 radical (unpaired) electrons. The number of rotatable bonds is 8. The molecule has 0 unspecified atom stereocenters. The van der Waals surface area contributed by atoms with Crippen molar-refractivity contribution < 1.29 is 4.74 Å². The molecule has 0 amide bonds. The first-order chi connectivity index (χ1) is 18.4. The minimum absolute atomic E-state index is 0.462. The number of pyridine rings is 1. The average Bonchev–Trinajstić information content (AvgIpc) is 2.89. The maximum atomic E-state index is 5.72. The number of nitrogens with one attached hydrogen (secondary N) is 3. The third kappa shape index (κ3) is 6.39. The van der Waals surface area contributed by atoms with Gasteiger partial charge in [0.15, 0.2) is 5.82 Å². The highest BCUT2D eigenvalue weighted by molar-refractivity contribution is 5.61. The van der Waals surface area contributed by atoms with E-state index >= 15 is 0 Å². The lowest BCUT2D eigenvalue weighted by atomic mass is 10.1. The second kappa shape index (κ2) is 11.5. The third-order valence-electron chi connectivity index (χ3n) is 6.26. The van der Waals surface area contributed by atoms with Crippen LogP contribution in [0.2, 0.25) is 0 Å². The van der Waals surface area contributed by atoms with E-state index < -0.39 is 0 Å². The van der Waals surface area contributed by atoms with Crippen molar-refractivity contribution in [3.63, 3.8) is 0 Å². The molecule has 3 aromatic heterocycles. The predicted octanol–water partition coefficient (Wildman–Crippen LogP) is 4.32. The summed E-state index contributed by atoms with van der Waals surface area (Å²) in [5.41, 5.74) is 3.63. The van der Waals surface area contributed by atoms with Gasteiger partial charge in [-0.15, -0.1) is 0 Å². The fourth-order valence-corrected chi connectivity index (χ4v) is 4.73. The molecule has 4 aromatic rings. The summed E-state index contributed by atoms with van der Waals surface area (Å²) >= 11 is 0. The number of hydrogen-bond acceptors (Lipinski definition) is 10. The Bertz CT molecular complexity index is 1390. The minimum atomic E-state index is 0.462. The highest BCUT2D eigenvalue weighted by Crippen LogP contribution is 2.27. The molecule has 4 heterocycles. The van der Waals surface area contributed by atoms with Crippen molar-refractivity contribution in [2.75, 3.05) is 30.8 Å². The van der Waals surface area contributed by atoms with E-state index in [1.807, 2.05) is 37.3 Å². The van der Waals surface area contributed by atoms with E-state index in [0.717, 1.165) is 48.0 Å². The van der Waals surface area contributed by atoms with Crippen molar-refractivity contribution >= 4 is 23.3 Å². The van der Waals surface area contributed by atoms with Crippen LogP contribution in [-0.4, -0.2) is 62.1 Å². The zero-order valence-corrected chi connectivity index (χ0v) is 22.1. The topological polar surface area (TPSA) is 113 Å². The molecule has 1 saturated heterocycles. The van der Waals surface area contributed by atoms with Gasteiger partial charge in [0, 0.05) is 67.1 Å². The lowest BCUT2D eigenvalue weighted by molar-refractivity contribution is 0.165. The summed E-state index contributed by atoms with van der Waals surface area (Å²) in [7, 11) is 1.70. The molecule has 0 saturated carbocycles. The summed E-state index contributed by atoms with van der Waals surface area (Å²) < 4.78 is 5.72. The van der Waals surface area contributed by atoms with E-state index in [9.17, 15) is 0 Å². The molecule has 2 atom stereocenters. The summed E-state index contributed by atoms with van der Waals surface area (Å²) in [6, 6.07) is 16.4. The molecule has 0 bridgehead atoms. The largest absolute Gasteiger partial charge is 0.496 e. The van der Waals surface area contributed by atoms with Crippen molar-refractivity contribution in [2.45, 2.75) is 39.4 Å². The molecular formula is C28H33N9O. The SMILES string of the molecule is COc1cc(Nc2nccc(Nc3ccnc(-c4cccc(C)n4)n3)n2)ccc1CN1C[C@@H](C)N[C@@H](C)C1. The minimum Gasteiger partial charge on any atom is -0.496 e. The number of ether oxygens (including phenoxy) is 1. The molecule has 38 heavy (non-hydrogen) atoms. The average molecular weight is 512 g/mol. The molecule has 10 heteroatoms. The molecule has 5 rings (SSSR count). The van der Waals surface area contributed by atoms with E-state index in [2.05, 4.69) is 65.7 Å². The zero-order valence-electron chi connectivity index (χ0n) is 22.1. The summed E-state index contributed by atoms with van der Waals surface area (Å²) in [5, 5.41) is 10.1. The number of methoxy groups -OCH3 is 1. The van der Waals surface area contributed by atoms with Crippen LogP contribution in [0.5, 0.6) is 5.75 Å². The van der Waals surface area contributed by atoms with Gasteiger partial charge in [-0.1, -0.05) is 12.1 Å². The monoisotopic (exact) mass is 511 g/mol. The summed E-state index contributed by atoms with van der Waals surface area (Å²) in [4.78, 5) is 24.9. The smallest absolute Gasteiger partial charge is 0.229 e. The van der Waals surface area contributed by atoms with Gasteiger partial charge < -0.3 is 20.7 Å². The lowest BCUT2D eigenvalue weighted by Gasteiger charge is -2.36. The summed E-state index contributed by atoms with van der Waals surface area (Å²) in [6.45, 7) is 9.25. The first-order valence-corrected chi connectivity index (χ1v) is 12.7. The number of aromatic nitrogens is 5. The van der Waals surface area contributed by atoms with Crippen molar-refractivity contribution in [1.29, 1.82) is 0 Å². The van der Waals surface area contributed by atoms with Crippen LogP contribution in [0.3, 0.4) is 0 Å². The summed E-state index contributed by atoms with van der Waals surface area (Å²) in [5.74, 6) is 3.06. The highest BCUT2D eigenvalue weighted by Gasteiger charge is 2.22. The van der Waals surface area contributed by atoms with Crippen LogP contribution in [0.1, 0.15) is 25.1 Å². The van der Waals surface area contributed by atoms with Gasteiger partial charge in [0.05, 0.1) is 7.11 Å². The van der Waals surface area contributed by atoms with Gasteiger partial charge in [-0.2, -0.15) is 4.98 Å². The molecule has 1 aromatic carbocycles. The van der Waals surface area contributed by atoms with Crippen LogP contribution in [-0.2, 0) is 6.54 Å². The highest BCUT2D eigenvalue weighted by atomic mass is 16.5. The molecule has 1 fully saturated rings. The number of piperazine rings is 1. The van der Waals surface area contributed by atoms with Gasteiger partial charge >= 0.3 is 0 Å². The Morgan fingerprint density at radius 1 is 0.921 bits per heavy atom. The Kier molecular flexibility index (Phi) is 7.71. The van der Waals surface area contributed by atoms with Crippen LogP contribution in [0.15, 0.2) is 60.9 Å². The fourth-order valence-electron chi connectivity index (χ4n) is 4.73. The molecule has 3 N–H and O–H groups in total. The maximum absolute atomic E-state index is 5.72. The van der Waals surface area contributed by atoms with E-state index in [4.69, 9.17) is 4.74 Å². The second-order valence-electron chi connectivity index (χ2n) is 9.63. The standard InChI is InChI=1S/C28H33N9O/c1-18-6-5-7-23(32-18)27-29-12-10-25(35-27)34-26-11-13-30-28(36-26)33-22-9-8-21(24(14-22)38-4)17-37-15-19(2)31-20(3)16-37/h5-14,19-20,31H,15-17H2,1-4H3,(H2,29,30,33,34,35,36)/t19-,20+. The number of nitrogens with zero attached hydrogens (tertiary/aromatic N) is 6. The van der Waals surface area contributed by atoms with E-state index in [1.165, 1.54) is 0 Å². The van der Waals surface area contributed by atoms with E-state index in [1.54, 1.807) is 31.6 Å². The Balaban J connectivity index is 1.27. The quantitative estimate of drug-likeness (QED) is 0.316. The number of anilines is 4. The van der Waals surface area contributed by atoms with Crippen molar-refractivity contribution in [1.82, 2.24) is 35.1 Å². The number of benzene rings is 1. The van der Waals surface area contributed by atoms with Gasteiger partial charge in [-0.05, 0) is 51.1 Å². The summed E-state index contributed by atoms with van der Waals surface area (Å²) in [6.07, 6.45) is 3.39. The number of hydrogen-bond donors (Lipinski definition) is 3. The van der Waals surface area contributed by atoms with Gasteiger partial charge in [0.2, 0.25) is 5.95 Å². The maximum Gasteiger partial charge on any atom is 0.229 e. The first-order valence-electron chi connectivity index (χ1n) is 12.7. The molecule has 10 nitrogen and oxygen atoms in total. The number of aryl methyl sites for hydroxylation is 1. The van der Waals surface area contributed by atoms with E-state index in [-0.39, 0.29) is 0 Å². The van der Waals surface area contributed by atoms with Crippen LogP contribution in [0.4, 0.5) is 23.3 Å². The van der Waals surface area contributed by atoms with Crippen molar-refractivity contribution in [3.05, 3.63) is 72.2 Å². The predicted molar refractivity (Wildman–Crippen MR) is 149 cm³/mol. The van der Waals surface area contributed by atoms with Crippen molar-refractivity contribution in [3.8, 4) is 17.3 Å². The third-order valence-corrected chi connectivity index (χ3v) is 6.26. The lowest BCUT2D eigenvalue weighted by Crippen LogP contribution is -2.53. The molecular weight excluding hydrogens is 478 g/mol. The van der Waals surface area contributed by atoms with Crippen molar-refractivity contribution in [2.24, 2.45) is 0 Å².